The molecule has 214 valence electrons. The van der Waals surface area contributed by atoms with Crippen molar-refractivity contribution >= 4 is 11.0 Å². The first-order chi connectivity index (χ1) is 21.2. The summed E-state index contributed by atoms with van der Waals surface area (Å²) >= 11 is 0. The maximum atomic E-state index is 14.8. The van der Waals surface area contributed by atoms with Crippen molar-refractivity contribution in [2.24, 2.45) is 0 Å². The summed E-state index contributed by atoms with van der Waals surface area (Å²) in [7, 11) is 0. The summed E-state index contributed by atoms with van der Waals surface area (Å²) in [6.45, 7) is 2.51. The van der Waals surface area contributed by atoms with Crippen molar-refractivity contribution in [1.82, 2.24) is 25.6 Å². The van der Waals surface area contributed by atoms with E-state index in [9.17, 15) is 4.39 Å². The van der Waals surface area contributed by atoms with E-state index < -0.39 is 5.54 Å². The molecule has 0 radical (unpaired) electrons. The Kier molecular flexibility index (Phi) is 7.54. The van der Waals surface area contributed by atoms with Crippen molar-refractivity contribution in [3.63, 3.8) is 0 Å². The highest BCUT2D eigenvalue weighted by atomic mass is 19.1. The molecule has 2 N–H and O–H groups in total. The van der Waals surface area contributed by atoms with Crippen molar-refractivity contribution in [1.29, 1.82) is 0 Å². The van der Waals surface area contributed by atoms with Crippen LogP contribution < -0.4 is 10.6 Å². The molecule has 6 aromatic rings. The zero-order valence-electron chi connectivity index (χ0n) is 24.0. The van der Waals surface area contributed by atoms with Crippen LogP contribution in [-0.4, -0.2) is 34.1 Å². The fraction of sp³-hybridized carbons (Fsp3) is 0.189. The van der Waals surface area contributed by atoms with Gasteiger partial charge in [0, 0.05) is 18.2 Å². The second-order valence-corrected chi connectivity index (χ2v) is 11.2. The van der Waals surface area contributed by atoms with Crippen LogP contribution in [0.2, 0.25) is 0 Å². The minimum absolute atomic E-state index is 0.185. The van der Waals surface area contributed by atoms with E-state index in [1.807, 2.05) is 35.0 Å². The number of hydrogen-bond donors (Lipinski definition) is 2. The van der Waals surface area contributed by atoms with Crippen molar-refractivity contribution in [2.75, 3.05) is 13.1 Å². The first kappa shape index (κ1) is 27.2. The standard InChI is InChI=1S/C37H34FN5/c38-34-18-16-27(24-29(34)26-40-33-20-22-39-23-21-33)28-17-19-36-35(25-28)41-42-43(36)37(30-10-4-1-5-11-30,31-12-6-2-7-13-31)32-14-8-3-9-15-32/h1-19,24-25,33,39-40H,20-23,26H2. The number of fused-ring (bicyclic) bond motifs is 1. The molecule has 0 atom stereocenters. The Hall–Kier alpha value is -4.65. The zero-order valence-corrected chi connectivity index (χ0v) is 24.0. The van der Waals surface area contributed by atoms with Crippen LogP contribution in [0, 0.1) is 5.82 Å². The molecule has 0 spiro atoms. The van der Waals surface area contributed by atoms with E-state index in [2.05, 4.69) is 102 Å². The molecule has 0 aliphatic carbocycles. The highest BCUT2D eigenvalue weighted by Crippen LogP contribution is 2.42. The van der Waals surface area contributed by atoms with E-state index in [1.54, 1.807) is 6.07 Å². The van der Waals surface area contributed by atoms with Gasteiger partial charge in [-0.05, 0) is 78.0 Å². The molecule has 0 bridgehead atoms. The lowest BCUT2D eigenvalue weighted by atomic mass is 9.77. The molecule has 1 saturated heterocycles. The fourth-order valence-corrected chi connectivity index (χ4v) is 6.43. The summed E-state index contributed by atoms with van der Waals surface area (Å²) in [5.41, 5.74) is 6.83. The Morgan fingerprint density at radius 2 is 1.28 bits per heavy atom. The first-order valence-electron chi connectivity index (χ1n) is 15.0. The molecular weight excluding hydrogens is 533 g/mol. The number of halogens is 1. The molecule has 0 amide bonds. The third-order valence-corrected chi connectivity index (χ3v) is 8.64. The second kappa shape index (κ2) is 11.9. The number of aromatic nitrogens is 3. The number of nitrogens with one attached hydrogen (secondary N) is 2. The van der Waals surface area contributed by atoms with E-state index in [4.69, 9.17) is 10.3 Å². The highest BCUT2D eigenvalue weighted by molar-refractivity contribution is 5.82. The lowest BCUT2D eigenvalue weighted by Crippen LogP contribution is -2.39. The largest absolute Gasteiger partial charge is 0.317 e. The van der Waals surface area contributed by atoms with E-state index in [1.165, 1.54) is 0 Å². The quantitative estimate of drug-likeness (QED) is 0.196. The summed E-state index contributed by atoms with van der Waals surface area (Å²) < 4.78 is 16.9. The van der Waals surface area contributed by atoms with E-state index in [-0.39, 0.29) is 5.82 Å². The van der Waals surface area contributed by atoms with Crippen LogP contribution >= 0.6 is 0 Å². The van der Waals surface area contributed by atoms with Crippen LogP contribution in [0.3, 0.4) is 0 Å². The number of benzene rings is 5. The summed E-state index contributed by atoms with van der Waals surface area (Å²) in [6, 6.07) is 43.5. The van der Waals surface area contributed by atoms with Gasteiger partial charge in [0.15, 0.2) is 0 Å². The third-order valence-electron chi connectivity index (χ3n) is 8.64. The van der Waals surface area contributed by atoms with Gasteiger partial charge in [-0.15, -0.1) is 5.10 Å². The number of nitrogens with zero attached hydrogens (tertiary/aromatic N) is 3. The summed E-state index contributed by atoms with van der Waals surface area (Å²) in [4.78, 5) is 0. The SMILES string of the molecule is Fc1ccc(-c2ccc3c(c2)nnn3C(c2ccccc2)(c2ccccc2)c2ccccc2)cc1CNC1CCNCC1. The second-order valence-electron chi connectivity index (χ2n) is 11.2. The maximum absolute atomic E-state index is 14.8. The Morgan fingerprint density at radius 3 is 1.88 bits per heavy atom. The minimum Gasteiger partial charge on any atom is -0.317 e. The van der Waals surface area contributed by atoms with Crippen molar-refractivity contribution < 1.29 is 4.39 Å². The smallest absolute Gasteiger partial charge is 0.140 e. The molecule has 0 unspecified atom stereocenters. The summed E-state index contributed by atoms with van der Waals surface area (Å²) in [5, 5.41) is 16.5. The summed E-state index contributed by atoms with van der Waals surface area (Å²) in [6.07, 6.45) is 2.12. The molecule has 1 aliphatic rings. The molecule has 43 heavy (non-hydrogen) atoms. The summed E-state index contributed by atoms with van der Waals surface area (Å²) in [5.74, 6) is -0.185. The van der Waals surface area contributed by atoms with E-state index in [0.29, 0.717) is 18.2 Å². The lowest BCUT2D eigenvalue weighted by Gasteiger charge is -2.36. The predicted octanol–water partition coefficient (Wildman–Crippen LogP) is 6.92. The lowest BCUT2D eigenvalue weighted by molar-refractivity contribution is 0.384. The van der Waals surface area contributed by atoms with Gasteiger partial charge in [0.1, 0.15) is 16.9 Å². The van der Waals surface area contributed by atoms with Gasteiger partial charge < -0.3 is 10.6 Å². The average Bonchev–Trinajstić information content (AvgIpc) is 3.50. The van der Waals surface area contributed by atoms with Gasteiger partial charge in [0.25, 0.3) is 0 Å². The Morgan fingerprint density at radius 1 is 0.721 bits per heavy atom. The van der Waals surface area contributed by atoms with Gasteiger partial charge in [0.2, 0.25) is 0 Å². The monoisotopic (exact) mass is 567 g/mol. The van der Waals surface area contributed by atoms with Gasteiger partial charge in [-0.3, -0.25) is 0 Å². The van der Waals surface area contributed by atoms with Crippen LogP contribution in [0.1, 0.15) is 35.1 Å². The number of hydrogen-bond acceptors (Lipinski definition) is 4. The van der Waals surface area contributed by atoms with Gasteiger partial charge in [0.05, 0.1) is 5.52 Å². The number of piperidine rings is 1. The van der Waals surface area contributed by atoms with Crippen LogP contribution in [0.5, 0.6) is 0 Å². The molecular formula is C37H34FN5. The molecule has 0 saturated carbocycles. The van der Waals surface area contributed by atoms with Gasteiger partial charge in [-0.25, -0.2) is 9.07 Å². The van der Waals surface area contributed by atoms with E-state index in [0.717, 1.165) is 64.8 Å². The van der Waals surface area contributed by atoms with Crippen LogP contribution in [0.25, 0.3) is 22.2 Å². The molecule has 2 heterocycles. The molecule has 5 aromatic carbocycles. The molecule has 1 fully saturated rings. The normalized spacial score (nSPS) is 14.3. The Labute approximate surface area is 251 Å². The van der Waals surface area contributed by atoms with Crippen LogP contribution in [-0.2, 0) is 12.1 Å². The third kappa shape index (κ3) is 5.13. The van der Waals surface area contributed by atoms with Gasteiger partial charge >= 0.3 is 0 Å². The van der Waals surface area contributed by atoms with Gasteiger partial charge in [-0.1, -0.05) is 108 Å². The van der Waals surface area contributed by atoms with E-state index >= 15 is 0 Å². The molecule has 6 heteroatoms. The molecule has 7 rings (SSSR count). The topological polar surface area (TPSA) is 54.8 Å². The molecule has 1 aliphatic heterocycles. The number of rotatable bonds is 8. The van der Waals surface area contributed by atoms with Crippen molar-refractivity contribution in [3.8, 4) is 11.1 Å². The van der Waals surface area contributed by atoms with Crippen LogP contribution in [0.4, 0.5) is 4.39 Å². The fourth-order valence-electron chi connectivity index (χ4n) is 6.43. The van der Waals surface area contributed by atoms with Gasteiger partial charge in [-0.2, -0.15) is 0 Å². The zero-order chi connectivity index (χ0) is 29.1. The minimum atomic E-state index is -0.747. The first-order valence-corrected chi connectivity index (χ1v) is 15.0. The Balaban J connectivity index is 1.32. The predicted molar refractivity (Wildman–Crippen MR) is 170 cm³/mol. The molecule has 1 aromatic heterocycles. The average molecular weight is 568 g/mol. The van der Waals surface area contributed by atoms with Crippen molar-refractivity contribution in [2.45, 2.75) is 31.0 Å². The van der Waals surface area contributed by atoms with Crippen molar-refractivity contribution in [3.05, 3.63) is 155 Å². The maximum Gasteiger partial charge on any atom is 0.140 e. The van der Waals surface area contributed by atoms with Crippen LogP contribution in [0.15, 0.2) is 127 Å². The Bertz CT molecular complexity index is 1720. The molecule has 5 nitrogen and oxygen atoms in total. The highest BCUT2D eigenvalue weighted by Gasteiger charge is 2.40.